The van der Waals surface area contributed by atoms with Crippen LogP contribution in [0.1, 0.15) is 15.9 Å². The molecule has 1 aromatic heterocycles. The van der Waals surface area contributed by atoms with Gasteiger partial charge in [0, 0.05) is 18.9 Å². The van der Waals surface area contributed by atoms with E-state index in [2.05, 4.69) is 20.6 Å². The smallest absolute Gasteiger partial charge is 0.254 e. The Balaban J connectivity index is 1.53. The highest BCUT2D eigenvalue weighted by Gasteiger charge is 2.08. The van der Waals surface area contributed by atoms with E-state index in [0.29, 0.717) is 35.2 Å². The normalized spacial score (nSPS) is 10.4. The summed E-state index contributed by atoms with van der Waals surface area (Å²) >= 11 is 6.07. The number of halogens is 2. The van der Waals surface area contributed by atoms with Crippen LogP contribution in [0.3, 0.4) is 0 Å². The van der Waals surface area contributed by atoms with Gasteiger partial charge in [0.1, 0.15) is 5.82 Å². The topological polar surface area (TPSA) is 66.9 Å². The fraction of sp³-hybridized carbons (Fsp3) is 0.105. The molecule has 2 N–H and O–H groups in total. The maximum atomic E-state index is 12.9. The minimum atomic E-state index is -0.277. The summed E-state index contributed by atoms with van der Waals surface area (Å²) in [6, 6.07) is 13.4. The maximum absolute atomic E-state index is 12.9. The molecule has 0 fully saturated rings. The van der Waals surface area contributed by atoms with Crippen LogP contribution in [0.5, 0.6) is 0 Å². The third kappa shape index (κ3) is 4.77. The molecule has 1 heterocycles. The summed E-state index contributed by atoms with van der Waals surface area (Å²) in [6.07, 6.45) is 3.50. The molecule has 0 atom stereocenters. The number of nitrogens with one attached hydrogen (secondary N) is 2. The summed E-state index contributed by atoms with van der Waals surface area (Å²) in [5.74, 6) is -0.196. The van der Waals surface area contributed by atoms with Gasteiger partial charge in [-0.1, -0.05) is 35.9 Å². The van der Waals surface area contributed by atoms with Crippen LogP contribution in [0.15, 0.2) is 60.9 Å². The predicted octanol–water partition coefficient (Wildman–Crippen LogP) is 3.99. The third-order valence-corrected chi connectivity index (χ3v) is 3.98. The molecule has 1 amide bonds. The lowest BCUT2D eigenvalue weighted by molar-refractivity contribution is 0.0953. The Morgan fingerprint density at radius 3 is 2.42 bits per heavy atom. The van der Waals surface area contributed by atoms with Crippen LogP contribution in [0, 0.1) is 5.82 Å². The molecule has 26 heavy (non-hydrogen) atoms. The molecule has 0 spiro atoms. The summed E-state index contributed by atoms with van der Waals surface area (Å²) < 4.78 is 12.9. The van der Waals surface area contributed by atoms with E-state index in [-0.39, 0.29) is 11.7 Å². The highest BCUT2D eigenvalue weighted by molar-refractivity contribution is 6.33. The van der Waals surface area contributed by atoms with Crippen molar-refractivity contribution in [3.05, 3.63) is 82.9 Å². The molecular weight excluding hydrogens is 355 g/mol. The second kappa shape index (κ2) is 8.40. The molecule has 0 bridgehead atoms. The van der Waals surface area contributed by atoms with Crippen molar-refractivity contribution < 1.29 is 9.18 Å². The molecule has 5 nitrogen and oxygen atoms in total. The van der Waals surface area contributed by atoms with Gasteiger partial charge in [-0.15, -0.1) is 0 Å². The van der Waals surface area contributed by atoms with Crippen molar-refractivity contribution >= 4 is 29.1 Å². The van der Waals surface area contributed by atoms with Gasteiger partial charge in [0.25, 0.3) is 5.91 Å². The van der Waals surface area contributed by atoms with Gasteiger partial charge in [-0.3, -0.25) is 4.79 Å². The van der Waals surface area contributed by atoms with Crippen LogP contribution in [0.2, 0.25) is 5.02 Å². The van der Waals surface area contributed by atoms with Crippen molar-refractivity contribution in [1.82, 2.24) is 15.3 Å². The zero-order valence-electron chi connectivity index (χ0n) is 13.7. The van der Waals surface area contributed by atoms with E-state index < -0.39 is 0 Å². The molecular formula is C19H16ClFN4O. The largest absolute Gasteiger partial charge is 0.352 e. The molecule has 0 aliphatic heterocycles. The number of hydrogen-bond donors (Lipinski definition) is 2. The summed E-state index contributed by atoms with van der Waals surface area (Å²) in [4.78, 5) is 20.4. The van der Waals surface area contributed by atoms with E-state index in [4.69, 9.17) is 11.6 Å². The molecule has 3 rings (SSSR count). The number of carbonyl (C=O) groups is 1. The van der Waals surface area contributed by atoms with Gasteiger partial charge in [-0.05, 0) is 36.2 Å². The lowest BCUT2D eigenvalue weighted by Crippen LogP contribution is -2.26. The average molecular weight is 371 g/mol. The summed E-state index contributed by atoms with van der Waals surface area (Å²) in [6.45, 7) is 0.435. The standard InChI is InChI=1S/C19H16ClFN4O/c20-16-3-1-2-4-17(16)25-19-23-11-14(12-24-19)18(26)22-10-9-13-5-7-15(21)8-6-13/h1-8,11-12H,9-10H2,(H,22,26)(H,23,24,25). The van der Waals surface area contributed by atoms with Gasteiger partial charge in [0.2, 0.25) is 5.95 Å². The van der Waals surface area contributed by atoms with Crippen LogP contribution in [0.4, 0.5) is 16.0 Å². The zero-order chi connectivity index (χ0) is 18.4. The predicted molar refractivity (Wildman–Crippen MR) is 99.2 cm³/mol. The first-order chi connectivity index (χ1) is 12.6. The number of amides is 1. The molecule has 132 valence electrons. The van der Waals surface area contributed by atoms with Crippen LogP contribution in [0.25, 0.3) is 0 Å². The van der Waals surface area contributed by atoms with Crippen LogP contribution < -0.4 is 10.6 Å². The Morgan fingerprint density at radius 2 is 1.73 bits per heavy atom. The van der Waals surface area contributed by atoms with Crippen LogP contribution in [-0.4, -0.2) is 22.4 Å². The van der Waals surface area contributed by atoms with E-state index in [0.717, 1.165) is 5.56 Å². The van der Waals surface area contributed by atoms with Crippen molar-refractivity contribution in [3.8, 4) is 0 Å². The number of hydrogen-bond acceptors (Lipinski definition) is 4. The Morgan fingerprint density at radius 1 is 1.04 bits per heavy atom. The van der Waals surface area contributed by atoms with Crippen molar-refractivity contribution in [2.24, 2.45) is 0 Å². The number of para-hydroxylation sites is 1. The first-order valence-electron chi connectivity index (χ1n) is 7.98. The molecule has 2 aromatic carbocycles. The Labute approximate surface area is 155 Å². The van der Waals surface area contributed by atoms with Gasteiger partial charge in [-0.25, -0.2) is 14.4 Å². The molecule has 0 unspecified atom stereocenters. The lowest BCUT2D eigenvalue weighted by atomic mass is 10.1. The average Bonchev–Trinajstić information content (AvgIpc) is 2.66. The molecule has 0 saturated heterocycles. The summed E-state index contributed by atoms with van der Waals surface area (Å²) in [7, 11) is 0. The first kappa shape index (κ1) is 17.8. The van der Waals surface area contributed by atoms with Gasteiger partial charge in [-0.2, -0.15) is 0 Å². The van der Waals surface area contributed by atoms with Crippen molar-refractivity contribution in [2.45, 2.75) is 6.42 Å². The highest BCUT2D eigenvalue weighted by Crippen LogP contribution is 2.22. The Hall–Kier alpha value is -2.99. The molecule has 0 saturated carbocycles. The number of carbonyl (C=O) groups excluding carboxylic acids is 1. The minimum Gasteiger partial charge on any atom is -0.352 e. The van der Waals surface area contributed by atoms with E-state index >= 15 is 0 Å². The van der Waals surface area contributed by atoms with Crippen molar-refractivity contribution in [1.29, 1.82) is 0 Å². The van der Waals surface area contributed by atoms with E-state index in [1.807, 2.05) is 18.2 Å². The molecule has 3 aromatic rings. The van der Waals surface area contributed by atoms with E-state index in [1.165, 1.54) is 24.5 Å². The first-order valence-corrected chi connectivity index (χ1v) is 8.36. The van der Waals surface area contributed by atoms with Crippen LogP contribution in [-0.2, 0) is 6.42 Å². The molecule has 0 aliphatic carbocycles. The molecule has 0 aliphatic rings. The van der Waals surface area contributed by atoms with Gasteiger partial charge < -0.3 is 10.6 Å². The fourth-order valence-corrected chi connectivity index (χ4v) is 2.45. The quantitative estimate of drug-likeness (QED) is 0.688. The van der Waals surface area contributed by atoms with Gasteiger partial charge in [0.05, 0.1) is 16.3 Å². The third-order valence-electron chi connectivity index (χ3n) is 3.65. The van der Waals surface area contributed by atoms with E-state index in [1.54, 1.807) is 18.2 Å². The van der Waals surface area contributed by atoms with Gasteiger partial charge in [0.15, 0.2) is 0 Å². The maximum Gasteiger partial charge on any atom is 0.254 e. The number of nitrogens with zero attached hydrogens (tertiary/aromatic N) is 2. The second-order valence-corrected chi connectivity index (χ2v) is 5.94. The Kier molecular flexibility index (Phi) is 5.76. The number of rotatable bonds is 6. The zero-order valence-corrected chi connectivity index (χ0v) is 14.5. The summed E-state index contributed by atoms with van der Waals surface area (Å²) in [5.41, 5.74) is 1.99. The minimum absolute atomic E-state index is 0.267. The molecule has 0 radical (unpaired) electrons. The van der Waals surface area contributed by atoms with Crippen molar-refractivity contribution in [2.75, 3.05) is 11.9 Å². The second-order valence-electron chi connectivity index (χ2n) is 5.53. The number of aromatic nitrogens is 2. The number of anilines is 2. The molecule has 7 heteroatoms. The van der Waals surface area contributed by atoms with Gasteiger partial charge >= 0.3 is 0 Å². The van der Waals surface area contributed by atoms with E-state index in [9.17, 15) is 9.18 Å². The highest BCUT2D eigenvalue weighted by atomic mass is 35.5. The monoisotopic (exact) mass is 370 g/mol. The van der Waals surface area contributed by atoms with Crippen molar-refractivity contribution in [3.63, 3.8) is 0 Å². The fourth-order valence-electron chi connectivity index (χ4n) is 2.27. The SMILES string of the molecule is O=C(NCCc1ccc(F)cc1)c1cnc(Nc2ccccc2Cl)nc1. The lowest BCUT2D eigenvalue weighted by Gasteiger charge is -2.08. The van der Waals surface area contributed by atoms with Crippen LogP contribution >= 0.6 is 11.6 Å². The number of benzene rings is 2. The Bertz CT molecular complexity index is 885. The summed E-state index contributed by atoms with van der Waals surface area (Å²) in [5, 5.41) is 6.33.